The van der Waals surface area contributed by atoms with Gasteiger partial charge in [-0.3, -0.25) is 0 Å². The summed E-state index contributed by atoms with van der Waals surface area (Å²) in [7, 11) is 0. The molecular formula is C26H15BrOS3. The van der Waals surface area contributed by atoms with E-state index in [9.17, 15) is 5.11 Å². The molecule has 6 aromatic rings. The van der Waals surface area contributed by atoms with Crippen molar-refractivity contribution in [3.8, 4) is 14.8 Å². The molecule has 0 saturated heterocycles. The highest BCUT2D eigenvalue weighted by Gasteiger charge is 2.20. The predicted octanol–water partition coefficient (Wildman–Crippen LogP) is 9.56. The molecule has 0 bridgehead atoms. The molecule has 0 amide bonds. The van der Waals surface area contributed by atoms with Crippen molar-refractivity contribution >= 4 is 82.0 Å². The third-order valence-corrected chi connectivity index (χ3v) is 9.72. The smallest absolute Gasteiger partial charge is 0.172 e. The van der Waals surface area contributed by atoms with Crippen LogP contribution in [0, 0.1) is 0 Å². The zero-order chi connectivity index (χ0) is 20.9. The quantitative estimate of drug-likeness (QED) is 0.235. The average molecular weight is 520 g/mol. The Morgan fingerprint density at radius 2 is 1.35 bits per heavy atom. The highest BCUT2D eigenvalue weighted by Crippen LogP contribution is 2.52. The molecule has 1 N–H and O–H groups in total. The van der Waals surface area contributed by atoms with Crippen molar-refractivity contribution in [3.63, 3.8) is 0 Å². The van der Waals surface area contributed by atoms with Gasteiger partial charge in [-0.1, -0.05) is 65.6 Å². The second kappa shape index (κ2) is 7.68. The van der Waals surface area contributed by atoms with Crippen LogP contribution in [0.3, 0.4) is 0 Å². The Bertz CT molecular complexity index is 1580. The van der Waals surface area contributed by atoms with Gasteiger partial charge in [0.25, 0.3) is 0 Å². The molecule has 0 aliphatic carbocycles. The number of benzene rings is 4. The molecular weight excluding hydrogens is 504 g/mol. The van der Waals surface area contributed by atoms with Crippen LogP contribution >= 0.6 is 50.4 Å². The fourth-order valence-corrected chi connectivity index (χ4v) is 8.27. The van der Waals surface area contributed by atoms with Gasteiger partial charge in [0, 0.05) is 30.4 Å². The molecule has 4 aromatic carbocycles. The maximum absolute atomic E-state index is 10.1. The van der Waals surface area contributed by atoms with Crippen LogP contribution in [0.25, 0.3) is 41.4 Å². The number of hydrogen-bond donors (Lipinski definition) is 1. The van der Waals surface area contributed by atoms with E-state index in [-0.39, 0.29) is 0 Å². The predicted molar refractivity (Wildman–Crippen MR) is 140 cm³/mol. The van der Waals surface area contributed by atoms with Gasteiger partial charge in [0.1, 0.15) is 0 Å². The third kappa shape index (κ3) is 3.46. The summed E-state index contributed by atoms with van der Waals surface area (Å²) in [5.41, 5.74) is 0. The topological polar surface area (TPSA) is 20.2 Å². The molecule has 6 rings (SSSR count). The molecule has 150 valence electrons. The van der Waals surface area contributed by atoms with Crippen molar-refractivity contribution in [3.05, 3.63) is 89.4 Å². The van der Waals surface area contributed by atoms with Gasteiger partial charge in [-0.05, 0) is 73.9 Å². The first-order valence-corrected chi connectivity index (χ1v) is 13.0. The average Bonchev–Trinajstić information content (AvgIpc) is 3.29. The summed E-state index contributed by atoms with van der Waals surface area (Å²) in [4.78, 5) is 4.72. The highest BCUT2D eigenvalue weighted by atomic mass is 79.9. The van der Waals surface area contributed by atoms with Gasteiger partial charge in [-0.2, -0.15) is 0 Å². The van der Waals surface area contributed by atoms with E-state index in [4.69, 9.17) is 0 Å². The van der Waals surface area contributed by atoms with E-state index in [1.54, 1.807) is 29.2 Å². The Hall–Kier alpha value is -2.31. The molecule has 0 aliphatic heterocycles. The maximum atomic E-state index is 10.1. The molecule has 31 heavy (non-hydrogen) atoms. The molecule has 0 radical (unpaired) electrons. The minimum absolute atomic E-state index is 0.325. The van der Waals surface area contributed by atoms with Crippen LogP contribution in [-0.2, 0) is 0 Å². The van der Waals surface area contributed by atoms with Gasteiger partial charge in [0.2, 0.25) is 0 Å². The molecule has 0 fully saturated rings. The lowest BCUT2D eigenvalue weighted by atomic mass is 10.0. The van der Waals surface area contributed by atoms with Crippen LogP contribution in [0.5, 0.6) is 5.06 Å². The molecule has 0 unspecified atom stereocenters. The van der Waals surface area contributed by atoms with E-state index in [0.717, 1.165) is 9.35 Å². The van der Waals surface area contributed by atoms with Gasteiger partial charge in [-0.15, -0.1) is 11.3 Å². The van der Waals surface area contributed by atoms with Gasteiger partial charge >= 0.3 is 0 Å². The first-order chi connectivity index (χ1) is 15.2. The van der Waals surface area contributed by atoms with Crippen LogP contribution in [0.4, 0.5) is 0 Å². The van der Waals surface area contributed by atoms with E-state index < -0.39 is 0 Å². The molecule has 0 spiro atoms. The van der Waals surface area contributed by atoms with E-state index in [1.807, 2.05) is 6.07 Å². The van der Waals surface area contributed by atoms with Crippen molar-refractivity contribution in [2.75, 3.05) is 0 Å². The minimum Gasteiger partial charge on any atom is -0.499 e. The Kier molecular flexibility index (Phi) is 4.80. The lowest BCUT2D eigenvalue weighted by Crippen LogP contribution is -1.78. The molecule has 0 saturated carbocycles. The van der Waals surface area contributed by atoms with Gasteiger partial charge in [-0.25, -0.2) is 0 Å². The van der Waals surface area contributed by atoms with E-state index in [2.05, 4.69) is 88.7 Å². The lowest BCUT2D eigenvalue weighted by Gasteiger charge is -2.06. The second-order valence-electron chi connectivity index (χ2n) is 7.33. The number of thiophene rings is 2. The molecule has 2 aromatic heterocycles. The van der Waals surface area contributed by atoms with Crippen molar-refractivity contribution in [1.29, 1.82) is 0 Å². The molecule has 0 aliphatic rings. The standard InChI is InChI=1S/C26H15BrOS3/c27-21-14-23(28)31-25(21)26-24(29-19-8-2-1-3-9-19)20-12-17-10-15-6-4-5-7-16(15)11-18(17)13-22(20)30-26/h1-14,28H. The van der Waals surface area contributed by atoms with Crippen LogP contribution in [-0.4, -0.2) is 5.11 Å². The largest absolute Gasteiger partial charge is 0.499 e. The zero-order valence-corrected chi connectivity index (χ0v) is 20.2. The number of hydrogen-bond acceptors (Lipinski definition) is 4. The Morgan fingerprint density at radius 3 is 2.03 bits per heavy atom. The number of halogens is 1. The molecule has 2 heterocycles. The monoisotopic (exact) mass is 518 g/mol. The zero-order valence-electron chi connectivity index (χ0n) is 16.1. The van der Waals surface area contributed by atoms with E-state index >= 15 is 0 Å². The second-order valence-corrected chi connectivity index (χ2v) is 11.4. The maximum Gasteiger partial charge on any atom is 0.172 e. The van der Waals surface area contributed by atoms with Gasteiger partial charge in [0.15, 0.2) is 5.06 Å². The van der Waals surface area contributed by atoms with Gasteiger partial charge < -0.3 is 5.11 Å². The third-order valence-electron chi connectivity index (χ3n) is 5.31. The number of fused-ring (bicyclic) bond motifs is 3. The summed E-state index contributed by atoms with van der Waals surface area (Å²) >= 11 is 8.65. The lowest BCUT2D eigenvalue weighted by molar-refractivity contribution is 0.491. The summed E-state index contributed by atoms with van der Waals surface area (Å²) < 4.78 is 2.20. The Labute approximate surface area is 200 Å². The Balaban J connectivity index is 1.65. The van der Waals surface area contributed by atoms with Crippen molar-refractivity contribution in [2.24, 2.45) is 0 Å². The van der Waals surface area contributed by atoms with Crippen molar-refractivity contribution < 1.29 is 5.11 Å². The fraction of sp³-hybridized carbons (Fsp3) is 0. The minimum atomic E-state index is 0.325. The number of aromatic hydroxyl groups is 1. The van der Waals surface area contributed by atoms with E-state index in [1.165, 1.54) is 57.6 Å². The summed E-state index contributed by atoms with van der Waals surface area (Å²) in [5, 5.41) is 16.7. The fourth-order valence-electron chi connectivity index (χ4n) is 3.88. The van der Waals surface area contributed by atoms with Crippen LogP contribution in [0.2, 0.25) is 0 Å². The highest BCUT2D eigenvalue weighted by molar-refractivity contribution is 9.10. The summed E-state index contributed by atoms with van der Waals surface area (Å²) in [6.45, 7) is 0. The summed E-state index contributed by atoms with van der Waals surface area (Å²) in [5.74, 6) is 0. The van der Waals surface area contributed by atoms with E-state index in [0.29, 0.717) is 5.06 Å². The molecule has 1 nitrogen and oxygen atoms in total. The summed E-state index contributed by atoms with van der Waals surface area (Å²) in [6.07, 6.45) is 0. The molecule has 0 atom stereocenters. The first-order valence-electron chi connectivity index (χ1n) is 9.76. The molecule has 5 heteroatoms. The normalized spacial score (nSPS) is 11.6. The number of rotatable bonds is 3. The Morgan fingerprint density at radius 1 is 0.677 bits per heavy atom. The van der Waals surface area contributed by atoms with Crippen molar-refractivity contribution in [2.45, 2.75) is 9.79 Å². The van der Waals surface area contributed by atoms with Crippen LogP contribution < -0.4 is 0 Å². The SMILES string of the molecule is Oc1cc(Br)c(-c2sc3cc4cc5ccccc5cc4cc3c2Sc2ccccc2)s1. The summed E-state index contributed by atoms with van der Waals surface area (Å²) in [6, 6.07) is 30.0. The van der Waals surface area contributed by atoms with Crippen molar-refractivity contribution in [1.82, 2.24) is 0 Å². The van der Waals surface area contributed by atoms with Crippen LogP contribution in [0.1, 0.15) is 0 Å². The van der Waals surface area contributed by atoms with Crippen LogP contribution in [0.15, 0.2) is 99.2 Å². The first kappa shape index (κ1) is 19.4. The van der Waals surface area contributed by atoms with Gasteiger partial charge in [0.05, 0.1) is 9.75 Å².